The molecule has 0 aliphatic heterocycles. The van der Waals surface area contributed by atoms with E-state index in [0.29, 0.717) is 10.8 Å². The molecule has 0 fully saturated rings. The summed E-state index contributed by atoms with van der Waals surface area (Å²) in [6, 6.07) is 9.42. The Bertz CT molecular complexity index is 841. The number of halogens is 1. The Labute approximate surface area is 152 Å². The second kappa shape index (κ2) is 6.85. The van der Waals surface area contributed by atoms with Crippen LogP contribution in [0, 0.1) is 16.7 Å². The van der Waals surface area contributed by atoms with Crippen LogP contribution in [0.1, 0.15) is 34.6 Å². The standard InChI is InChI=1S/C18H21ClN4O2/c1-11(15(24)21-18(5,10-20)17(2,3)4)25-16-13-9-7-6-8-12(13)14(19)22-23-16/h6-9,11H,1-5H3,(H,21,24). The molecule has 25 heavy (non-hydrogen) atoms. The molecule has 1 heterocycles. The van der Waals surface area contributed by atoms with Crippen molar-refractivity contribution in [1.29, 1.82) is 5.26 Å². The Morgan fingerprint density at radius 1 is 1.24 bits per heavy atom. The summed E-state index contributed by atoms with van der Waals surface area (Å²) in [5.74, 6) is -0.183. The molecule has 1 aromatic heterocycles. The topological polar surface area (TPSA) is 87.9 Å². The zero-order chi connectivity index (χ0) is 18.8. The van der Waals surface area contributed by atoms with Gasteiger partial charge < -0.3 is 10.1 Å². The molecule has 0 aliphatic rings. The van der Waals surface area contributed by atoms with Gasteiger partial charge in [0.05, 0.1) is 6.07 Å². The van der Waals surface area contributed by atoms with Crippen molar-refractivity contribution < 1.29 is 9.53 Å². The minimum Gasteiger partial charge on any atom is -0.463 e. The number of benzene rings is 1. The Morgan fingerprint density at radius 3 is 2.40 bits per heavy atom. The molecule has 132 valence electrons. The molecule has 1 amide bonds. The molecular formula is C18H21ClN4O2. The first-order valence-electron chi connectivity index (χ1n) is 7.90. The van der Waals surface area contributed by atoms with Gasteiger partial charge in [0, 0.05) is 10.8 Å². The van der Waals surface area contributed by atoms with Gasteiger partial charge >= 0.3 is 0 Å². The van der Waals surface area contributed by atoms with Gasteiger partial charge in [0.15, 0.2) is 11.3 Å². The smallest absolute Gasteiger partial charge is 0.262 e. The fraction of sp³-hybridized carbons (Fsp3) is 0.444. The van der Waals surface area contributed by atoms with Crippen molar-refractivity contribution in [3.05, 3.63) is 29.4 Å². The highest BCUT2D eigenvalue weighted by atomic mass is 35.5. The van der Waals surface area contributed by atoms with Crippen LogP contribution in [0.3, 0.4) is 0 Å². The third-order valence-electron chi connectivity index (χ3n) is 4.36. The van der Waals surface area contributed by atoms with Crippen LogP contribution >= 0.6 is 11.6 Å². The highest BCUT2D eigenvalue weighted by Crippen LogP contribution is 2.30. The largest absolute Gasteiger partial charge is 0.463 e. The minimum atomic E-state index is -1.03. The average Bonchev–Trinajstić information content (AvgIpc) is 2.56. The quantitative estimate of drug-likeness (QED) is 0.901. The van der Waals surface area contributed by atoms with Crippen LogP contribution < -0.4 is 10.1 Å². The second-order valence-corrected chi connectivity index (χ2v) is 7.44. The number of aromatic nitrogens is 2. The number of hydrogen-bond acceptors (Lipinski definition) is 5. The summed E-state index contributed by atoms with van der Waals surface area (Å²) < 4.78 is 5.69. The van der Waals surface area contributed by atoms with Crippen molar-refractivity contribution in [3.63, 3.8) is 0 Å². The molecule has 0 radical (unpaired) electrons. The molecular weight excluding hydrogens is 340 g/mol. The van der Waals surface area contributed by atoms with Gasteiger partial charge in [0.25, 0.3) is 5.91 Å². The van der Waals surface area contributed by atoms with Crippen molar-refractivity contribution in [2.45, 2.75) is 46.3 Å². The second-order valence-electron chi connectivity index (χ2n) is 7.08. The first kappa shape index (κ1) is 18.9. The van der Waals surface area contributed by atoms with Crippen molar-refractivity contribution in [2.75, 3.05) is 0 Å². The molecule has 0 aliphatic carbocycles. The normalized spacial score (nSPS) is 15.1. The zero-order valence-electron chi connectivity index (χ0n) is 14.9. The average molecular weight is 361 g/mol. The lowest BCUT2D eigenvalue weighted by Gasteiger charge is -2.37. The predicted octanol–water partition coefficient (Wildman–Crippen LogP) is 3.50. The van der Waals surface area contributed by atoms with Crippen LogP contribution in [0.4, 0.5) is 0 Å². The Morgan fingerprint density at radius 2 is 1.84 bits per heavy atom. The number of carbonyl (C=O) groups is 1. The lowest BCUT2D eigenvalue weighted by molar-refractivity contribution is -0.129. The number of hydrogen-bond donors (Lipinski definition) is 1. The van der Waals surface area contributed by atoms with Crippen LogP contribution in [-0.4, -0.2) is 27.7 Å². The number of nitrogens with one attached hydrogen (secondary N) is 1. The van der Waals surface area contributed by atoms with Gasteiger partial charge in [0.2, 0.25) is 5.88 Å². The molecule has 0 spiro atoms. The SMILES string of the molecule is CC(Oc1nnc(Cl)c2ccccc12)C(=O)NC(C)(C#N)C(C)(C)C. The molecule has 0 bridgehead atoms. The summed E-state index contributed by atoms with van der Waals surface area (Å²) in [5.41, 5.74) is -1.47. The van der Waals surface area contributed by atoms with Crippen molar-refractivity contribution in [3.8, 4) is 11.9 Å². The van der Waals surface area contributed by atoms with Gasteiger partial charge in [-0.3, -0.25) is 4.79 Å². The van der Waals surface area contributed by atoms with E-state index < -0.39 is 23.0 Å². The number of ether oxygens (including phenoxy) is 1. The summed E-state index contributed by atoms with van der Waals surface area (Å²) in [7, 11) is 0. The van der Waals surface area contributed by atoms with Crippen LogP contribution in [0.15, 0.2) is 24.3 Å². The lowest BCUT2D eigenvalue weighted by Crippen LogP contribution is -2.56. The summed E-state index contributed by atoms with van der Waals surface area (Å²) >= 11 is 6.04. The monoisotopic (exact) mass is 360 g/mol. The molecule has 2 unspecified atom stereocenters. The van der Waals surface area contributed by atoms with Crippen molar-refractivity contribution >= 4 is 28.3 Å². The molecule has 0 saturated heterocycles. The number of amides is 1. The number of nitrogens with zero attached hydrogens (tertiary/aromatic N) is 3. The van der Waals surface area contributed by atoms with Gasteiger partial charge in [-0.25, -0.2) is 0 Å². The summed E-state index contributed by atoms with van der Waals surface area (Å²) in [6.45, 7) is 8.95. The van der Waals surface area contributed by atoms with E-state index in [0.717, 1.165) is 0 Å². The third kappa shape index (κ3) is 3.83. The number of fused-ring (bicyclic) bond motifs is 1. The summed E-state index contributed by atoms with van der Waals surface area (Å²) in [4.78, 5) is 12.5. The van der Waals surface area contributed by atoms with E-state index in [1.807, 2.05) is 32.9 Å². The number of carbonyl (C=O) groups excluding carboxylic acids is 1. The summed E-state index contributed by atoms with van der Waals surface area (Å²) in [6.07, 6.45) is -0.853. The molecule has 1 aromatic carbocycles. The molecule has 1 N–H and O–H groups in total. The van der Waals surface area contributed by atoms with Gasteiger partial charge in [-0.05, 0) is 25.3 Å². The van der Waals surface area contributed by atoms with Crippen molar-refractivity contribution in [2.24, 2.45) is 5.41 Å². The first-order valence-corrected chi connectivity index (χ1v) is 8.28. The van der Waals surface area contributed by atoms with Gasteiger partial charge in [-0.2, -0.15) is 5.26 Å². The zero-order valence-corrected chi connectivity index (χ0v) is 15.7. The fourth-order valence-electron chi connectivity index (χ4n) is 2.09. The van der Waals surface area contributed by atoms with Crippen LogP contribution in [0.25, 0.3) is 10.8 Å². The third-order valence-corrected chi connectivity index (χ3v) is 4.64. The minimum absolute atomic E-state index is 0.220. The molecule has 2 atom stereocenters. The highest BCUT2D eigenvalue weighted by Gasteiger charge is 2.40. The maximum atomic E-state index is 12.5. The molecule has 0 saturated carbocycles. The fourth-order valence-corrected chi connectivity index (χ4v) is 2.29. The molecule has 2 rings (SSSR count). The van der Waals surface area contributed by atoms with Gasteiger partial charge in [-0.1, -0.05) is 50.6 Å². The van der Waals surface area contributed by atoms with E-state index in [9.17, 15) is 10.1 Å². The first-order chi connectivity index (χ1) is 11.6. The molecule has 7 heteroatoms. The van der Waals surface area contributed by atoms with Gasteiger partial charge in [0.1, 0.15) is 5.54 Å². The van der Waals surface area contributed by atoms with E-state index in [2.05, 4.69) is 21.6 Å². The van der Waals surface area contributed by atoms with E-state index in [-0.39, 0.29) is 11.0 Å². The van der Waals surface area contributed by atoms with E-state index in [1.165, 1.54) is 0 Å². The van der Waals surface area contributed by atoms with E-state index in [1.54, 1.807) is 26.0 Å². The van der Waals surface area contributed by atoms with Crippen molar-refractivity contribution in [1.82, 2.24) is 15.5 Å². The van der Waals surface area contributed by atoms with E-state index in [4.69, 9.17) is 16.3 Å². The van der Waals surface area contributed by atoms with E-state index >= 15 is 0 Å². The predicted molar refractivity (Wildman–Crippen MR) is 96.3 cm³/mol. The van der Waals surface area contributed by atoms with Gasteiger partial charge in [-0.15, -0.1) is 10.2 Å². The number of rotatable bonds is 4. The maximum Gasteiger partial charge on any atom is 0.262 e. The highest BCUT2D eigenvalue weighted by molar-refractivity contribution is 6.34. The summed E-state index contributed by atoms with van der Waals surface area (Å²) in [5, 5.41) is 21.7. The Hall–Kier alpha value is -2.39. The lowest BCUT2D eigenvalue weighted by atomic mass is 9.76. The van der Waals surface area contributed by atoms with Crippen LogP contribution in [0.5, 0.6) is 5.88 Å². The Kier molecular flexibility index (Phi) is 5.19. The molecule has 6 nitrogen and oxygen atoms in total. The van der Waals surface area contributed by atoms with Crippen LogP contribution in [-0.2, 0) is 4.79 Å². The maximum absolute atomic E-state index is 12.5. The Balaban J connectivity index is 2.23. The molecule has 2 aromatic rings. The number of nitriles is 1. The van der Waals surface area contributed by atoms with Crippen LogP contribution in [0.2, 0.25) is 5.15 Å².